The van der Waals surface area contributed by atoms with Crippen LogP contribution in [0, 0.1) is 17.7 Å². The summed E-state index contributed by atoms with van der Waals surface area (Å²) in [5.74, 6) is 1.36. The monoisotopic (exact) mass is 369 g/mol. The zero-order chi connectivity index (χ0) is 17.3. The number of likely N-dealkylation sites (N-methyl/N-ethyl adjacent to an activating group) is 1. The average molecular weight is 370 g/mol. The third kappa shape index (κ3) is 3.84. The van der Waals surface area contributed by atoms with Crippen LogP contribution in [0.25, 0.3) is 0 Å². The Kier molecular flexibility index (Phi) is 5.63. The molecule has 2 saturated carbocycles. The summed E-state index contributed by atoms with van der Waals surface area (Å²) in [5.41, 5.74) is 0.513. The molecule has 0 saturated heterocycles. The van der Waals surface area contributed by atoms with Gasteiger partial charge in [-0.1, -0.05) is 24.1 Å². The maximum Gasteiger partial charge on any atom is 0.166 e. The number of rotatable bonds is 5. The number of hydrogen-bond donors (Lipinski definition) is 2. The minimum Gasteiger partial charge on any atom is -0.361 e. The predicted octanol–water partition coefficient (Wildman–Crippen LogP) is 3.73. The first-order valence-electron chi connectivity index (χ1n) is 8.60. The SMILES string of the molecule is CN(C)[C@H](CNC(=S)N[C@H]1C[C@@H]2CC[C@@H]1C2)c1c(F)cccc1Cl. The van der Waals surface area contributed by atoms with Gasteiger partial charge in [-0.3, -0.25) is 0 Å². The molecule has 2 N–H and O–H groups in total. The van der Waals surface area contributed by atoms with Crippen molar-refractivity contribution < 1.29 is 4.39 Å². The Balaban J connectivity index is 1.59. The molecule has 2 aliphatic rings. The number of thiocarbonyl (C=S) groups is 1. The highest BCUT2D eigenvalue weighted by molar-refractivity contribution is 7.80. The van der Waals surface area contributed by atoms with Crippen LogP contribution in [0.4, 0.5) is 4.39 Å². The second-order valence-corrected chi connectivity index (χ2v) is 8.07. The zero-order valence-electron chi connectivity index (χ0n) is 14.2. The maximum atomic E-state index is 14.2. The van der Waals surface area contributed by atoms with Gasteiger partial charge < -0.3 is 15.5 Å². The van der Waals surface area contributed by atoms with Crippen LogP contribution in [-0.2, 0) is 0 Å². The molecule has 0 radical (unpaired) electrons. The molecule has 0 heterocycles. The highest BCUT2D eigenvalue weighted by Gasteiger charge is 2.39. The van der Waals surface area contributed by atoms with Crippen molar-refractivity contribution in [1.82, 2.24) is 15.5 Å². The summed E-state index contributed by atoms with van der Waals surface area (Å²) < 4.78 is 14.2. The molecule has 2 aliphatic carbocycles. The number of halogens is 2. The van der Waals surface area contributed by atoms with Crippen molar-refractivity contribution in [3.63, 3.8) is 0 Å². The van der Waals surface area contributed by atoms with Gasteiger partial charge in [0.2, 0.25) is 0 Å². The van der Waals surface area contributed by atoms with Gasteiger partial charge in [0, 0.05) is 23.2 Å². The van der Waals surface area contributed by atoms with Gasteiger partial charge in [-0.25, -0.2) is 4.39 Å². The molecule has 0 aromatic heterocycles. The minimum absolute atomic E-state index is 0.182. The van der Waals surface area contributed by atoms with Crippen LogP contribution >= 0.6 is 23.8 Å². The minimum atomic E-state index is -0.282. The number of nitrogens with one attached hydrogen (secondary N) is 2. The largest absolute Gasteiger partial charge is 0.361 e. The molecule has 2 bridgehead atoms. The summed E-state index contributed by atoms with van der Waals surface area (Å²) in [4.78, 5) is 1.96. The molecule has 3 nitrogen and oxygen atoms in total. The standard InChI is InChI=1S/C18H25ClFN3S/c1-23(2)16(17-13(19)4-3-5-14(17)20)10-21-18(24)22-15-9-11-6-7-12(15)8-11/h3-5,11-12,15-16H,6-10H2,1-2H3,(H2,21,22,24)/t11-,12-,15+,16-/m1/s1. The van der Waals surface area contributed by atoms with Crippen molar-refractivity contribution in [2.45, 2.75) is 37.8 Å². The van der Waals surface area contributed by atoms with Crippen LogP contribution < -0.4 is 10.6 Å². The van der Waals surface area contributed by atoms with E-state index in [0.29, 0.717) is 28.3 Å². The van der Waals surface area contributed by atoms with Gasteiger partial charge in [0.1, 0.15) is 5.82 Å². The maximum absolute atomic E-state index is 14.2. The lowest BCUT2D eigenvalue weighted by atomic mass is 9.95. The topological polar surface area (TPSA) is 27.3 Å². The smallest absolute Gasteiger partial charge is 0.166 e. The van der Waals surface area contributed by atoms with Crippen molar-refractivity contribution in [3.05, 3.63) is 34.6 Å². The summed E-state index contributed by atoms with van der Waals surface area (Å²) in [6.45, 7) is 0.514. The van der Waals surface area contributed by atoms with Gasteiger partial charge in [-0.2, -0.15) is 0 Å². The normalized spacial score (nSPS) is 26.6. The first kappa shape index (κ1) is 17.9. The molecule has 3 rings (SSSR count). The molecule has 6 heteroatoms. The van der Waals surface area contributed by atoms with Crippen LogP contribution in [0.2, 0.25) is 5.02 Å². The lowest BCUT2D eigenvalue weighted by Crippen LogP contribution is -2.46. The Morgan fingerprint density at radius 1 is 1.38 bits per heavy atom. The van der Waals surface area contributed by atoms with Crippen LogP contribution in [0.1, 0.15) is 37.3 Å². The first-order chi connectivity index (χ1) is 11.5. The molecular formula is C18H25ClFN3S. The lowest BCUT2D eigenvalue weighted by Gasteiger charge is -2.29. The van der Waals surface area contributed by atoms with E-state index in [4.69, 9.17) is 23.8 Å². The predicted molar refractivity (Wildman–Crippen MR) is 101 cm³/mol. The van der Waals surface area contributed by atoms with Crippen molar-refractivity contribution in [2.24, 2.45) is 11.8 Å². The van der Waals surface area contributed by atoms with Gasteiger partial charge in [0.15, 0.2) is 5.11 Å². The Morgan fingerprint density at radius 3 is 2.75 bits per heavy atom. The fraction of sp³-hybridized carbons (Fsp3) is 0.611. The van der Waals surface area contributed by atoms with Crippen LogP contribution in [0.3, 0.4) is 0 Å². The number of hydrogen-bond acceptors (Lipinski definition) is 2. The van der Waals surface area contributed by atoms with E-state index in [1.807, 2.05) is 19.0 Å². The Hall–Kier alpha value is -0.910. The molecular weight excluding hydrogens is 345 g/mol. The summed E-state index contributed by atoms with van der Waals surface area (Å²) in [5, 5.41) is 7.82. The Labute approximate surface area is 153 Å². The third-order valence-electron chi connectivity index (χ3n) is 5.47. The Morgan fingerprint density at radius 2 is 2.17 bits per heavy atom. The van der Waals surface area contributed by atoms with E-state index in [-0.39, 0.29) is 11.9 Å². The second-order valence-electron chi connectivity index (χ2n) is 7.25. The third-order valence-corrected chi connectivity index (χ3v) is 6.06. The fourth-order valence-electron chi connectivity index (χ4n) is 4.20. The van der Waals surface area contributed by atoms with E-state index in [1.165, 1.54) is 31.7 Å². The zero-order valence-corrected chi connectivity index (χ0v) is 15.8. The highest BCUT2D eigenvalue weighted by Crippen LogP contribution is 2.44. The summed E-state index contributed by atoms with van der Waals surface area (Å²) in [7, 11) is 3.84. The molecule has 0 unspecified atom stereocenters. The number of nitrogens with zero attached hydrogens (tertiary/aromatic N) is 1. The average Bonchev–Trinajstić information content (AvgIpc) is 3.12. The fourth-order valence-corrected chi connectivity index (χ4v) is 4.73. The number of benzene rings is 1. The molecule has 1 aromatic rings. The summed E-state index contributed by atoms with van der Waals surface area (Å²) >= 11 is 11.7. The summed E-state index contributed by atoms with van der Waals surface area (Å²) in [6.07, 6.45) is 5.25. The van der Waals surface area contributed by atoms with E-state index >= 15 is 0 Å². The summed E-state index contributed by atoms with van der Waals surface area (Å²) in [6, 6.07) is 5.12. The van der Waals surface area contributed by atoms with Crippen LogP contribution in [0.5, 0.6) is 0 Å². The van der Waals surface area contributed by atoms with Gasteiger partial charge in [-0.15, -0.1) is 0 Å². The molecule has 1 aromatic carbocycles. The van der Waals surface area contributed by atoms with Gasteiger partial charge >= 0.3 is 0 Å². The lowest BCUT2D eigenvalue weighted by molar-refractivity contribution is 0.290. The van der Waals surface area contributed by atoms with E-state index in [1.54, 1.807) is 12.1 Å². The van der Waals surface area contributed by atoms with Crippen molar-refractivity contribution >= 4 is 28.9 Å². The Bertz CT molecular complexity index is 590. The van der Waals surface area contributed by atoms with Crippen molar-refractivity contribution in [3.8, 4) is 0 Å². The van der Waals surface area contributed by atoms with Crippen LogP contribution in [0.15, 0.2) is 18.2 Å². The molecule has 24 heavy (non-hydrogen) atoms. The van der Waals surface area contributed by atoms with Gasteiger partial charge in [0.25, 0.3) is 0 Å². The number of fused-ring (bicyclic) bond motifs is 2. The van der Waals surface area contributed by atoms with Crippen molar-refractivity contribution in [1.29, 1.82) is 0 Å². The molecule has 0 aliphatic heterocycles. The van der Waals surface area contributed by atoms with Gasteiger partial charge in [0.05, 0.1) is 6.04 Å². The second kappa shape index (κ2) is 7.54. The molecule has 0 amide bonds. The van der Waals surface area contributed by atoms with Crippen molar-refractivity contribution in [2.75, 3.05) is 20.6 Å². The highest BCUT2D eigenvalue weighted by atomic mass is 35.5. The molecule has 2 fully saturated rings. The molecule has 132 valence electrons. The quantitative estimate of drug-likeness (QED) is 0.773. The van der Waals surface area contributed by atoms with E-state index in [2.05, 4.69) is 10.6 Å². The first-order valence-corrected chi connectivity index (χ1v) is 9.39. The van der Waals surface area contributed by atoms with Gasteiger partial charge in [-0.05, 0) is 69.5 Å². The molecule has 4 atom stereocenters. The van der Waals surface area contributed by atoms with E-state index in [0.717, 1.165) is 11.8 Å². The van der Waals surface area contributed by atoms with Crippen LogP contribution in [-0.4, -0.2) is 36.7 Å². The van der Waals surface area contributed by atoms with E-state index < -0.39 is 0 Å². The molecule has 0 spiro atoms. The van der Waals surface area contributed by atoms with E-state index in [9.17, 15) is 4.39 Å².